The zero-order chi connectivity index (χ0) is 22.9. The number of aryl methyl sites for hydroxylation is 2. The summed E-state index contributed by atoms with van der Waals surface area (Å²) in [6.45, 7) is 3.99. The van der Waals surface area contributed by atoms with Crippen LogP contribution in [0, 0.1) is 13.8 Å². The molecule has 8 heteroatoms. The molecule has 166 valence electrons. The maximum absolute atomic E-state index is 13.6. The van der Waals surface area contributed by atoms with Crippen molar-refractivity contribution in [3.63, 3.8) is 0 Å². The number of nitrogens with one attached hydrogen (secondary N) is 2. The fourth-order valence-corrected chi connectivity index (χ4v) is 5.16. The molecular formula is C25H22ClN5OS. The summed E-state index contributed by atoms with van der Waals surface area (Å²) in [5.74, 6) is 0.603. The molecule has 0 saturated carbocycles. The molecule has 0 saturated heterocycles. The first-order chi connectivity index (χ1) is 16.0. The summed E-state index contributed by atoms with van der Waals surface area (Å²) in [4.78, 5) is 13.6. The number of hydrogen-bond donors (Lipinski definition) is 2. The lowest BCUT2D eigenvalue weighted by Gasteiger charge is -2.33. The van der Waals surface area contributed by atoms with Gasteiger partial charge in [0.15, 0.2) is 5.82 Å². The first kappa shape index (κ1) is 21.6. The van der Waals surface area contributed by atoms with Crippen molar-refractivity contribution < 1.29 is 4.79 Å². The molecule has 2 N–H and O–H groups in total. The number of para-hydroxylation sites is 1. The second-order valence-electron chi connectivity index (χ2n) is 7.96. The largest absolute Gasteiger partial charge is 0.325 e. The number of hydrogen-bond acceptors (Lipinski definition) is 5. The van der Waals surface area contributed by atoms with E-state index in [1.165, 1.54) is 11.8 Å². The van der Waals surface area contributed by atoms with Gasteiger partial charge in [0, 0.05) is 16.3 Å². The van der Waals surface area contributed by atoms with E-state index in [0.717, 1.165) is 27.9 Å². The molecule has 2 atom stereocenters. The number of rotatable bonds is 4. The average molecular weight is 476 g/mol. The van der Waals surface area contributed by atoms with Gasteiger partial charge in [0.1, 0.15) is 5.25 Å². The van der Waals surface area contributed by atoms with Crippen LogP contribution in [-0.4, -0.2) is 26.0 Å². The Morgan fingerprint density at radius 1 is 0.970 bits per heavy atom. The second-order valence-corrected chi connectivity index (χ2v) is 9.51. The first-order valence-electron chi connectivity index (χ1n) is 10.6. The van der Waals surface area contributed by atoms with E-state index in [1.807, 2.05) is 91.3 Å². The van der Waals surface area contributed by atoms with Crippen LogP contribution in [0.15, 0.2) is 78.0 Å². The number of fused-ring (bicyclic) bond motifs is 1. The van der Waals surface area contributed by atoms with Gasteiger partial charge in [-0.05, 0) is 42.7 Å². The fourth-order valence-electron chi connectivity index (χ4n) is 3.96. The van der Waals surface area contributed by atoms with Gasteiger partial charge in [-0.3, -0.25) is 4.79 Å². The molecule has 0 spiro atoms. The topological polar surface area (TPSA) is 71.8 Å². The SMILES string of the molecule is Cc1cccc(C)c1NC(=O)[C@H]1Sc2nnc(-c3ccccc3)n2N[C@H]1c1ccc(Cl)cc1. The molecule has 5 rings (SSSR count). The van der Waals surface area contributed by atoms with E-state index in [9.17, 15) is 4.79 Å². The molecule has 1 aromatic heterocycles. The highest BCUT2D eigenvalue weighted by atomic mass is 35.5. The van der Waals surface area contributed by atoms with Crippen LogP contribution in [-0.2, 0) is 4.79 Å². The minimum atomic E-state index is -0.467. The molecule has 33 heavy (non-hydrogen) atoms. The van der Waals surface area contributed by atoms with Gasteiger partial charge in [-0.15, -0.1) is 10.2 Å². The fraction of sp³-hybridized carbons (Fsp3) is 0.160. The van der Waals surface area contributed by atoms with Crippen LogP contribution in [0.5, 0.6) is 0 Å². The summed E-state index contributed by atoms with van der Waals surface area (Å²) in [7, 11) is 0. The highest BCUT2D eigenvalue weighted by molar-refractivity contribution is 8.00. The summed E-state index contributed by atoms with van der Waals surface area (Å²) in [6.07, 6.45) is 0. The molecule has 6 nitrogen and oxygen atoms in total. The van der Waals surface area contributed by atoms with Crippen molar-refractivity contribution in [2.45, 2.75) is 30.3 Å². The van der Waals surface area contributed by atoms with Crippen molar-refractivity contribution in [3.05, 3.63) is 94.5 Å². The van der Waals surface area contributed by atoms with Gasteiger partial charge in [-0.2, -0.15) is 0 Å². The first-order valence-corrected chi connectivity index (χ1v) is 11.8. The minimum Gasteiger partial charge on any atom is -0.325 e. The maximum Gasteiger partial charge on any atom is 0.240 e. The van der Waals surface area contributed by atoms with Crippen LogP contribution < -0.4 is 10.7 Å². The van der Waals surface area contributed by atoms with Crippen LogP contribution in [0.2, 0.25) is 5.02 Å². The third kappa shape index (κ3) is 4.21. The van der Waals surface area contributed by atoms with Crippen LogP contribution >= 0.6 is 23.4 Å². The van der Waals surface area contributed by atoms with E-state index in [2.05, 4.69) is 20.9 Å². The highest BCUT2D eigenvalue weighted by Crippen LogP contribution is 2.39. The summed E-state index contributed by atoms with van der Waals surface area (Å²) in [6, 6.07) is 23.1. The lowest BCUT2D eigenvalue weighted by Crippen LogP contribution is -2.41. The molecule has 2 heterocycles. The van der Waals surface area contributed by atoms with Crippen LogP contribution in [0.3, 0.4) is 0 Å². The molecule has 4 aromatic rings. The second kappa shape index (κ2) is 8.92. The minimum absolute atomic E-state index is 0.0969. The van der Waals surface area contributed by atoms with Crippen molar-refractivity contribution in [1.29, 1.82) is 0 Å². The number of nitrogens with zero attached hydrogens (tertiary/aromatic N) is 3. The van der Waals surface area contributed by atoms with Gasteiger partial charge >= 0.3 is 0 Å². The van der Waals surface area contributed by atoms with Crippen LogP contribution in [0.4, 0.5) is 5.69 Å². The molecule has 0 radical (unpaired) electrons. The number of aromatic nitrogens is 3. The number of carbonyl (C=O) groups excluding carboxylic acids is 1. The van der Waals surface area contributed by atoms with Crippen molar-refractivity contribution in [2.75, 3.05) is 10.7 Å². The van der Waals surface area contributed by atoms with E-state index >= 15 is 0 Å². The average Bonchev–Trinajstić information content (AvgIpc) is 3.25. The van der Waals surface area contributed by atoms with E-state index in [1.54, 1.807) is 0 Å². The standard InChI is InChI=1S/C25H22ClN5OS/c1-15-7-6-8-16(2)20(15)27-24(32)22-21(17-11-13-19(26)14-12-17)30-31-23(28-29-25(31)33-22)18-9-4-3-5-10-18/h3-14,21-22,30H,1-2H3,(H,27,32)/t21-,22-/m0/s1. The van der Waals surface area contributed by atoms with Crippen molar-refractivity contribution in [1.82, 2.24) is 14.9 Å². The molecule has 0 unspecified atom stereocenters. The lowest BCUT2D eigenvalue weighted by molar-refractivity contribution is -0.116. The number of halogens is 1. The molecule has 1 aliphatic heterocycles. The Kier molecular flexibility index (Phi) is 5.83. The van der Waals surface area contributed by atoms with E-state index < -0.39 is 5.25 Å². The Morgan fingerprint density at radius 2 is 1.67 bits per heavy atom. The zero-order valence-electron chi connectivity index (χ0n) is 18.1. The van der Waals surface area contributed by atoms with Gasteiger partial charge in [0.2, 0.25) is 11.1 Å². The van der Waals surface area contributed by atoms with E-state index in [-0.39, 0.29) is 11.9 Å². The number of amides is 1. The van der Waals surface area contributed by atoms with Crippen molar-refractivity contribution >= 4 is 35.0 Å². The summed E-state index contributed by atoms with van der Waals surface area (Å²) < 4.78 is 1.86. The third-order valence-electron chi connectivity index (χ3n) is 5.69. The normalized spacial score (nSPS) is 17.2. The van der Waals surface area contributed by atoms with Crippen molar-refractivity contribution in [2.24, 2.45) is 0 Å². The third-order valence-corrected chi connectivity index (χ3v) is 7.15. The van der Waals surface area contributed by atoms with Gasteiger partial charge in [0.05, 0.1) is 6.04 Å². The van der Waals surface area contributed by atoms with Crippen molar-refractivity contribution in [3.8, 4) is 11.4 Å². The van der Waals surface area contributed by atoms with Gasteiger partial charge in [0.25, 0.3) is 0 Å². The molecule has 0 bridgehead atoms. The monoisotopic (exact) mass is 475 g/mol. The molecule has 1 amide bonds. The Labute approximate surface area is 201 Å². The van der Waals surface area contributed by atoms with Gasteiger partial charge in [-0.1, -0.05) is 84.0 Å². The Hall–Kier alpha value is -3.29. The lowest BCUT2D eigenvalue weighted by atomic mass is 10.0. The van der Waals surface area contributed by atoms with E-state index in [4.69, 9.17) is 11.6 Å². The molecular weight excluding hydrogens is 454 g/mol. The highest BCUT2D eigenvalue weighted by Gasteiger charge is 2.38. The molecule has 0 fully saturated rings. The Bertz CT molecular complexity index is 1290. The Balaban J connectivity index is 1.53. The number of thioether (sulfide) groups is 1. The summed E-state index contributed by atoms with van der Waals surface area (Å²) in [5.41, 5.74) is 8.27. The predicted octanol–water partition coefficient (Wildman–Crippen LogP) is 5.61. The maximum atomic E-state index is 13.6. The summed E-state index contributed by atoms with van der Waals surface area (Å²) >= 11 is 7.53. The summed E-state index contributed by atoms with van der Waals surface area (Å²) in [5, 5.41) is 12.7. The molecule has 1 aliphatic rings. The molecule has 0 aliphatic carbocycles. The van der Waals surface area contributed by atoms with Gasteiger partial charge in [-0.25, -0.2) is 4.68 Å². The Morgan fingerprint density at radius 3 is 2.36 bits per heavy atom. The van der Waals surface area contributed by atoms with Crippen LogP contribution in [0.1, 0.15) is 22.7 Å². The van der Waals surface area contributed by atoms with Crippen LogP contribution in [0.25, 0.3) is 11.4 Å². The number of carbonyl (C=O) groups is 1. The smallest absolute Gasteiger partial charge is 0.240 e. The quantitative estimate of drug-likeness (QED) is 0.401. The number of anilines is 1. The van der Waals surface area contributed by atoms with E-state index in [0.29, 0.717) is 16.0 Å². The zero-order valence-corrected chi connectivity index (χ0v) is 19.7. The number of benzene rings is 3. The van der Waals surface area contributed by atoms with Gasteiger partial charge < -0.3 is 10.7 Å². The molecule has 3 aromatic carbocycles. The predicted molar refractivity (Wildman–Crippen MR) is 133 cm³/mol.